The largest absolute Gasteiger partial charge is 0.457 e. The Morgan fingerprint density at radius 1 is 0.185 bits per heavy atom. The summed E-state index contributed by atoms with van der Waals surface area (Å²) in [6, 6.07) is 72.3. The van der Waals surface area contributed by atoms with E-state index in [0.29, 0.717) is 0 Å². The highest BCUT2D eigenvalue weighted by atomic mass is 16.5. The Balaban J connectivity index is 1.24. The highest BCUT2D eigenvalue weighted by Gasteiger charge is 2.18. The molecule has 8 rings (SSSR count). The molecule has 8 aromatic carbocycles. The summed E-state index contributed by atoms with van der Waals surface area (Å²) >= 11 is 0. The topological polar surface area (TPSA) is 36.9 Å². The van der Waals surface area contributed by atoms with Crippen LogP contribution in [0.3, 0.4) is 0 Å². The third-order valence-corrected chi connectivity index (χ3v) is 8.74. The third kappa shape index (κ3) is 8.42. The zero-order valence-corrected chi connectivity index (χ0v) is 29.4. The number of rotatable bonds is 12. The Kier molecular flexibility index (Phi) is 10.2. The molecular formula is C50H36O4. The average molecular weight is 701 g/mol. The van der Waals surface area contributed by atoms with Gasteiger partial charge in [0.2, 0.25) is 0 Å². The normalized spacial score (nSPS) is 10.6. The fraction of sp³-hybridized carbons (Fsp3) is 0. The molecule has 0 aliphatic rings. The lowest BCUT2D eigenvalue weighted by Crippen LogP contribution is -1.98. The van der Waals surface area contributed by atoms with E-state index in [9.17, 15) is 0 Å². The van der Waals surface area contributed by atoms with Gasteiger partial charge in [0.1, 0.15) is 46.0 Å². The predicted molar refractivity (Wildman–Crippen MR) is 217 cm³/mol. The molecular weight excluding hydrogens is 665 g/mol. The molecule has 0 amide bonds. The number of hydrogen-bond donors (Lipinski definition) is 0. The molecule has 260 valence electrons. The second kappa shape index (κ2) is 16.4. The van der Waals surface area contributed by atoms with Crippen molar-refractivity contribution in [1.29, 1.82) is 0 Å². The molecule has 0 radical (unpaired) electrons. The molecule has 0 spiro atoms. The van der Waals surface area contributed by atoms with E-state index in [1.807, 2.05) is 170 Å². The highest BCUT2D eigenvalue weighted by molar-refractivity contribution is 6.04. The first-order valence-corrected chi connectivity index (χ1v) is 17.8. The van der Waals surface area contributed by atoms with E-state index in [4.69, 9.17) is 18.9 Å². The molecule has 0 aromatic heterocycles. The molecule has 8 aromatic rings. The summed E-state index contributed by atoms with van der Waals surface area (Å²) in [6.45, 7) is 0. The van der Waals surface area contributed by atoms with Crippen molar-refractivity contribution in [3.05, 3.63) is 241 Å². The van der Waals surface area contributed by atoms with Crippen molar-refractivity contribution in [1.82, 2.24) is 0 Å². The summed E-state index contributed by atoms with van der Waals surface area (Å²) in [7, 11) is 0. The first-order valence-electron chi connectivity index (χ1n) is 17.8. The Morgan fingerprint density at radius 2 is 0.352 bits per heavy atom. The molecule has 0 fully saturated rings. The molecule has 0 atom stereocenters. The minimum absolute atomic E-state index is 0.752. The van der Waals surface area contributed by atoms with E-state index in [2.05, 4.69) is 48.5 Å². The summed E-state index contributed by atoms with van der Waals surface area (Å²) in [6.07, 6.45) is 0. The molecule has 0 unspecified atom stereocenters. The van der Waals surface area contributed by atoms with Crippen molar-refractivity contribution in [3.8, 4) is 46.0 Å². The van der Waals surface area contributed by atoms with E-state index < -0.39 is 0 Å². The molecule has 0 saturated carbocycles. The molecule has 0 bridgehead atoms. The SMILES string of the molecule is c1ccc(Oc2ccc(C(=C(c3ccc(Oc4ccccc4)cc3)c3ccc(Oc4ccccc4)cc3)c3ccc(Oc4ccccc4)cc3)cc2)cc1. The summed E-state index contributed by atoms with van der Waals surface area (Å²) in [5.41, 5.74) is 6.18. The van der Waals surface area contributed by atoms with Crippen LogP contribution in [0.1, 0.15) is 22.3 Å². The van der Waals surface area contributed by atoms with Gasteiger partial charge in [-0.15, -0.1) is 0 Å². The van der Waals surface area contributed by atoms with E-state index in [1.54, 1.807) is 0 Å². The number of hydrogen-bond acceptors (Lipinski definition) is 4. The van der Waals surface area contributed by atoms with Crippen LogP contribution in [0.15, 0.2) is 218 Å². The Labute approximate surface area is 315 Å². The lowest BCUT2D eigenvalue weighted by molar-refractivity contribution is 0.482. The fourth-order valence-corrected chi connectivity index (χ4v) is 6.17. The van der Waals surface area contributed by atoms with Gasteiger partial charge in [-0.05, 0) is 130 Å². The van der Waals surface area contributed by atoms with E-state index in [-0.39, 0.29) is 0 Å². The van der Waals surface area contributed by atoms with Crippen LogP contribution in [0.5, 0.6) is 46.0 Å². The summed E-state index contributed by atoms with van der Waals surface area (Å²) < 4.78 is 24.7. The van der Waals surface area contributed by atoms with Crippen molar-refractivity contribution in [2.75, 3.05) is 0 Å². The van der Waals surface area contributed by atoms with Gasteiger partial charge in [-0.1, -0.05) is 121 Å². The minimum atomic E-state index is 0.752. The van der Waals surface area contributed by atoms with Gasteiger partial charge < -0.3 is 18.9 Å². The van der Waals surface area contributed by atoms with Gasteiger partial charge in [-0.3, -0.25) is 0 Å². The van der Waals surface area contributed by atoms with Gasteiger partial charge in [0, 0.05) is 0 Å². The van der Waals surface area contributed by atoms with Crippen LogP contribution in [0.25, 0.3) is 11.1 Å². The van der Waals surface area contributed by atoms with Crippen molar-refractivity contribution in [3.63, 3.8) is 0 Å². The van der Waals surface area contributed by atoms with Crippen molar-refractivity contribution in [2.45, 2.75) is 0 Å². The molecule has 4 heteroatoms. The maximum Gasteiger partial charge on any atom is 0.127 e. The Hall–Kier alpha value is -7.30. The van der Waals surface area contributed by atoms with Crippen LogP contribution < -0.4 is 18.9 Å². The van der Waals surface area contributed by atoms with Gasteiger partial charge in [-0.25, -0.2) is 0 Å². The summed E-state index contributed by atoms with van der Waals surface area (Å²) in [4.78, 5) is 0. The number of para-hydroxylation sites is 4. The molecule has 0 heterocycles. The lowest BCUT2D eigenvalue weighted by Gasteiger charge is -2.19. The zero-order chi connectivity index (χ0) is 36.4. The van der Waals surface area contributed by atoms with E-state index in [0.717, 1.165) is 79.4 Å². The second-order valence-electron chi connectivity index (χ2n) is 12.5. The van der Waals surface area contributed by atoms with Crippen LogP contribution >= 0.6 is 0 Å². The second-order valence-corrected chi connectivity index (χ2v) is 12.5. The molecule has 0 N–H and O–H groups in total. The molecule has 0 aliphatic carbocycles. The van der Waals surface area contributed by atoms with Crippen molar-refractivity contribution in [2.24, 2.45) is 0 Å². The summed E-state index contributed by atoms with van der Waals surface area (Å²) in [5, 5.41) is 0. The molecule has 54 heavy (non-hydrogen) atoms. The first kappa shape index (κ1) is 33.8. The zero-order valence-electron chi connectivity index (χ0n) is 29.4. The van der Waals surface area contributed by atoms with Crippen LogP contribution in [-0.4, -0.2) is 0 Å². The maximum absolute atomic E-state index is 6.18. The van der Waals surface area contributed by atoms with Crippen molar-refractivity contribution >= 4 is 11.1 Å². The average Bonchev–Trinajstić information content (AvgIpc) is 3.23. The quantitative estimate of drug-likeness (QED) is 0.119. The van der Waals surface area contributed by atoms with E-state index >= 15 is 0 Å². The predicted octanol–water partition coefficient (Wildman–Crippen LogP) is 13.9. The summed E-state index contributed by atoms with van der Waals surface area (Å²) in [5.74, 6) is 6.14. The van der Waals surface area contributed by atoms with Crippen LogP contribution in [0.2, 0.25) is 0 Å². The molecule has 0 aliphatic heterocycles. The molecule has 0 saturated heterocycles. The van der Waals surface area contributed by atoms with Gasteiger partial charge in [0.15, 0.2) is 0 Å². The molecule has 4 nitrogen and oxygen atoms in total. The maximum atomic E-state index is 6.18. The van der Waals surface area contributed by atoms with Gasteiger partial charge in [0.05, 0.1) is 0 Å². The lowest BCUT2D eigenvalue weighted by atomic mass is 9.85. The monoisotopic (exact) mass is 700 g/mol. The van der Waals surface area contributed by atoms with Gasteiger partial charge in [0.25, 0.3) is 0 Å². The smallest absolute Gasteiger partial charge is 0.127 e. The standard InChI is InChI=1S/C50H36O4/c1-5-13-41(14-6-1)51-45-29-21-37(22-30-45)49(38-23-31-46(32-24-38)52-42-15-7-2-8-16-42)50(39-25-33-47(34-26-39)53-43-17-9-3-10-18-43)40-27-35-48(36-28-40)54-44-19-11-4-12-20-44/h1-36H. The highest BCUT2D eigenvalue weighted by Crippen LogP contribution is 2.40. The number of ether oxygens (including phenoxy) is 4. The minimum Gasteiger partial charge on any atom is -0.457 e. The van der Waals surface area contributed by atoms with Crippen molar-refractivity contribution < 1.29 is 18.9 Å². The van der Waals surface area contributed by atoms with E-state index in [1.165, 1.54) is 0 Å². The Bertz CT molecular complexity index is 2060. The van der Waals surface area contributed by atoms with Gasteiger partial charge >= 0.3 is 0 Å². The third-order valence-electron chi connectivity index (χ3n) is 8.74. The van der Waals surface area contributed by atoms with Crippen LogP contribution in [-0.2, 0) is 0 Å². The Morgan fingerprint density at radius 3 is 0.537 bits per heavy atom. The van der Waals surface area contributed by atoms with Crippen LogP contribution in [0, 0.1) is 0 Å². The fourth-order valence-electron chi connectivity index (χ4n) is 6.17. The first-order chi connectivity index (χ1) is 26.7. The number of benzene rings is 8. The van der Waals surface area contributed by atoms with Gasteiger partial charge in [-0.2, -0.15) is 0 Å². The van der Waals surface area contributed by atoms with Crippen LogP contribution in [0.4, 0.5) is 0 Å².